The van der Waals surface area contributed by atoms with Crippen molar-refractivity contribution in [1.82, 2.24) is 4.90 Å². The van der Waals surface area contributed by atoms with Crippen LogP contribution in [0.2, 0.25) is 0 Å². The monoisotopic (exact) mass is 160 g/mol. The highest BCUT2D eigenvalue weighted by Gasteiger charge is 2.33. The first-order chi connectivity index (χ1) is 5.16. The number of carboxylic acid groups (broad SMARTS) is 1. The predicted molar refractivity (Wildman–Crippen MR) is 38.2 cm³/mol. The summed E-state index contributed by atoms with van der Waals surface area (Å²) in [5, 5.41) is 17.4. The fourth-order valence-electron chi connectivity index (χ4n) is 1.35. The zero-order chi connectivity index (χ0) is 8.43. The molecule has 0 bridgehead atoms. The van der Waals surface area contributed by atoms with Crippen molar-refractivity contribution in [2.45, 2.75) is 18.5 Å². The summed E-state index contributed by atoms with van der Waals surface area (Å²) in [6.07, 6.45) is -0.366. The SMILES string of the molecule is N[C@@H]1CCN(C(=O)O)[C@@H]1CO. The molecule has 0 unspecified atom stereocenters. The molecule has 1 aliphatic heterocycles. The molecule has 0 aromatic heterocycles. The molecule has 1 saturated heterocycles. The van der Waals surface area contributed by atoms with Crippen LogP contribution in [0.3, 0.4) is 0 Å². The van der Waals surface area contributed by atoms with Crippen LogP contribution in [-0.2, 0) is 0 Å². The standard InChI is InChI=1S/C6H12N2O3/c7-4-1-2-8(6(10)11)5(4)3-9/h4-5,9H,1-3,7H2,(H,10,11)/t4-,5-/m1/s1. The Bertz CT molecular complexity index is 162. The zero-order valence-corrected chi connectivity index (χ0v) is 6.10. The van der Waals surface area contributed by atoms with Crippen LogP contribution >= 0.6 is 0 Å². The fraction of sp³-hybridized carbons (Fsp3) is 0.833. The highest BCUT2D eigenvalue weighted by atomic mass is 16.4. The van der Waals surface area contributed by atoms with Gasteiger partial charge in [0.25, 0.3) is 0 Å². The summed E-state index contributed by atoms with van der Waals surface area (Å²) in [5.74, 6) is 0. The zero-order valence-electron chi connectivity index (χ0n) is 6.10. The van der Waals surface area contributed by atoms with Gasteiger partial charge in [-0.2, -0.15) is 0 Å². The number of amides is 1. The second-order valence-electron chi connectivity index (χ2n) is 2.68. The van der Waals surface area contributed by atoms with Gasteiger partial charge in [0, 0.05) is 12.6 Å². The Kier molecular flexibility index (Phi) is 2.31. The van der Waals surface area contributed by atoms with Gasteiger partial charge >= 0.3 is 6.09 Å². The van der Waals surface area contributed by atoms with Crippen LogP contribution < -0.4 is 5.73 Å². The lowest BCUT2D eigenvalue weighted by molar-refractivity contribution is 0.115. The molecule has 5 heteroatoms. The lowest BCUT2D eigenvalue weighted by atomic mass is 10.1. The quantitative estimate of drug-likeness (QED) is 0.462. The van der Waals surface area contributed by atoms with Gasteiger partial charge in [0.15, 0.2) is 0 Å². The van der Waals surface area contributed by atoms with Crippen LogP contribution in [0.5, 0.6) is 0 Å². The summed E-state index contributed by atoms with van der Waals surface area (Å²) in [4.78, 5) is 11.7. The van der Waals surface area contributed by atoms with Crippen LogP contribution in [0.1, 0.15) is 6.42 Å². The van der Waals surface area contributed by atoms with E-state index in [2.05, 4.69) is 0 Å². The molecule has 4 N–H and O–H groups in total. The van der Waals surface area contributed by atoms with Crippen molar-refractivity contribution >= 4 is 6.09 Å². The number of carbonyl (C=O) groups is 1. The van der Waals surface area contributed by atoms with E-state index in [1.807, 2.05) is 0 Å². The fourth-order valence-corrected chi connectivity index (χ4v) is 1.35. The molecule has 5 nitrogen and oxygen atoms in total. The third-order valence-electron chi connectivity index (χ3n) is 2.03. The molecule has 11 heavy (non-hydrogen) atoms. The van der Waals surface area contributed by atoms with Gasteiger partial charge in [-0.25, -0.2) is 4.79 Å². The summed E-state index contributed by atoms with van der Waals surface area (Å²) in [6.45, 7) is 0.245. The number of likely N-dealkylation sites (tertiary alicyclic amines) is 1. The van der Waals surface area contributed by atoms with E-state index in [-0.39, 0.29) is 12.6 Å². The van der Waals surface area contributed by atoms with E-state index >= 15 is 0 Å². The largest absolute Gasteiger partial charge is 0.465 e. The first-order valence-corrected chi connectivity index (χ1v) is 3.53. The molecule has 0 aliphatic carbocycles. The van der Waals surface area contributed by atoms with Crippen LogP contribution in [0.4, 0.5) is 4.79 Å². The van der Waals surface area contributed by atoms with Gasteiger partial charge < -0.3 is 20.8 Å². The maximum atomic E-state index is 10.5. The van der Waals surface area contributed by atoms with E-state index in [1.54, 1.807) is 0 Å². The van der Waals surface area contributed by atoms with Crippen LogP contribution in [-0.4, -0.2) is 46.4 Å². The number of aliphatic hydroxyl groups is 1. The molecule has 1 heterocycles. The third-order valence-corrected chi connectivity index (χ3v) is 2.03. The third kappa shape index (κ3) is 1.44. The molecule has 1 amide bonds. The number of nitrogens with zero attached hydrogens (tertiary/aromatic N) is 1. The molecular formula is C6H12N2O3. The van der Waals surface area contributed by atoms with Crippen molar-refractivity contribution < 1.29 is 15.0 Å². The van der Waals surface area contributed by atoms with Crippen molar-refractivity contribution in [1.29, 1.82) is 0 Å². The highest BCUT2D eigenvalue weighted by Crippen LogP contribution is 2.15. The van der Waals surface area contributed by atoms with Gasteiger partial charge in [-0.15, -0.1) is 0 Å². The van der Waals surface area contributed by atoms with Crippen molar-refractivity contribution in [3.63, 3.8) is 0 Å². The second-order valence-corrected chi connectivity index (χ2v) is 2.68. The highest BCUT2D eigenvalue weighted by molar-refractivity contribution is 5.66. The van der Waals surface area contributed by atoms with Gasteiger partial charge in [0.1, 0.15) is 0 Å². The normalized spacial score (nSPS) is 30.9. The molecular weight excluding hydrogens is 148 g/mol. The van der Waals surface area contributed by atoms with Crippen molar-refractivity contribution in [3.05, 3.63) is 0 Å². The number of nitrogens with two attached hydrogens (primary N) is 1. The molecule has 0 aromatic carbocycles. The summed E-state index contributed by atoms with van der Waals surface area (Å²) >= 11 is 0. The minimum absolute atomic E-state index is 0.187. The van der Waals surface area contributed by atoms with Crippen LogP contribution in [0, 0.1) is 0 Å². The molecule has 0 radical (unpaired) electrons. The Balaban J connectivity index is 2.61. The molecule has 1 aliphatic rings. The van der Waals surface area contributed by atoms with Gasteiger partial charge in [-0.05, 0) is 6.42 Å². The Morgan fingerprint density at radius 3 is 2.73 bits per heavy atom. The smallest absolute Gasteiger partial charge is 0.407 e. The summed E-state index contributed by atoms with van der Waals surface area (Å²) in [5.41, 5.74) is 5.55. The molecule has 0 saturated carbocycles. The van der Waals surface area contributed by atoms with E-state index in [9.17, 15) is 4.79 Å². The maximum absolute atomic E-state index is 10.5. The first-order valence-electron chi connectivity index (χ1n) is 3.53. The van der Waals surface area contributed by atoms with Crippen molar-refractivity contribution in [3.8, 4) is 0 Å². The van der Waals surface area contributed by atoms with Crippen LogP contribution in [0.25, 0.3) is 0 Å². The minimum atomic E-state index is -1.00. The van der Waals surface area contributed by atoms with E-state index in [4.69, 9.17) is 15.9 Å². The predicted octanol–water partition coefficient (Wildman–Crippen LogP) is -0.942. The van der Waals surface area contributed by atoms with Crippen molar-refractivity contribution in [2.75, 3.05) is 13.2 Å². The van der Waals surface area contributed by atoms with Gasteiger partial charge in [0.05, 0.1) is 12.6 Å². The van der Waals surface area contributed by atoms with E-state index in [1.165, 1.54) is 4.90 Å². The van der Waals surface area contributed by atoms with E-state index < -0.39 is 12.1 Å². The topological polar surface area (TPSA) is 86.8 Å². The van der Waals surface area contributed by atoms with E-state index in [0.717, 1.165) is 0 Å². The lowest BCUT2D eigenvalue weighted by Gasteiger charge is -2.21. The lowest BCUT2D eigenvalue weighted by Crippen LogP contribution is -2.44. The van der Waals surface area contributed by atoms with Gasteiger partial charge in [-0.1, -0.05) is 0 Å². The summed E-state index contributed by atoms with van der Waals surface area (Å²) in [6, 6.07) is -0.622. The number of hydrogen-bond donors (Lipinski definition) is 3. The molecule has 0 aromatic rings. The number of aliphatic hydroxyl groups excluding tert-OH is 1. The molecule has 1 fully saturated rings. The Labute approximate surface area is 64.4 Å². The van der Waals surface area contributed by atoms with Crippen LogP contribution in [0.15, 0.2) is 0 Å². The Morgan fingerprint density at radius 1 is 1.73 bits per heavy atom. The first kappa shape index (κ1) is 8.29. The molecule has 64 valence electrons. The van der Waals surface area contributed by atoms with E-state index in [0.29, 0.717) is 13.0 Å². The summed E-state index contributed by atoms with van der Waals surface area (Å²) in [7, 11) is 0. The Hall–Kier alpha value is -0.810. The summed E-state index contributed by atoms with van der Waals surface area (Å²) < 4.78 is 0. The number of rotatable bonds is 1. The van der Waals surface area contributed by atoms with Gasteiger partial charge in [0.2, 0.25) is 0 Å². The Morgan fingerprint density at radius 2 is 2.36 bits per heavy atom. The van der Waals surface area contributed by atoms with Gasteiger partial charge in [-0.3, -0.25) is 0 Å². The molecule has 1 rings (SSSR count). The second kappa shape index (κ2) is 3.06. The van der Waals surface area contributed by atoms with Crippen molar-refractivity contribution in [2.24, 2.45) is 5.73 Å². The number of hydrogen-bond acceptors (Lipinski definition) is 3. The molecule has 0 spiro atoms. The average molecular weight is 160 g/mol. The average Bonchev–Trinajstić information content (AvgIpc) is 2.30. The maximum Gasteiger partial charge on any atom is 0.407 e. The molecule has 2 atom stereocenters. The minimum Gasteiger partial charge on any atom is -0.465 e.